The van der Waals surface area contributed by atoms with Crippen LogP contribution in [0.1, 0.15) is 63.1 Å². The van der Waals surface area contributed by atoms with Gasteiger partial charge in [0.05, 0.1) is 33.0 Å². The highest BCUT2D eigenvalue weighted by atomic mass is 35.5. The van der Waals surface area contributed by atoms with E-state index in [0.29, 0.717) is 39.5 Å². The van der Waals surface area contributed by atoms with Gasteiger partial charge in [-0.3, -0.25) is 0 Å². The maximum Gasteiger partial charge on any atom is 0.117 e. The first kappa shape index (κ1) is 39.6. The predicted molar refractivity (Wildman–Crippen MR) is 224 cm³/mol. The molecule has 0 spiro atoms. The minimum atomic E-state index is -0.540. The fraction of sp³-hybridized carbons (Fsp3) is 0.280. The number of hydrogen-bond donors (Lipinski definition) is 0. The van der Waals surface area contributed by atoms with Crippen molar-refractivity contribution >= 4 is 11.6 Å². The van der Waals surface area contributed by atoms with E-state index in [9.17, 15) is 0 Å². The summed E-state index contributed by atoms with van der Waals surface area (Å²) in [4.78, 5) is 0. The average Bonchev–Trinajstić information content (AvgIpc) is 3.24. The van der Waals surface area contributed by atoms with Crippen LogP contribution >= 0.6 is 11.6 Å². The molecule has 1 aliphatic rings. The van der Waals surface area contributed by atoms with Gasteiger partial charge in [0, 0.05) is 5.02 Å². The molecule has 6 heteroatoms. The Morgan fingerprint density at radius 2 is 0.982 bits per heavy atom. The van der Waals surface area contributed by atoms with E-state index in [0.717, 1.165) is 50.4 Å². The Morgan fingerprint density at radius 1 is 0.518 bits per heavy atom. The van der Waals surface area contributed by atoms with Crippen LogP contribution in [0.15, 0.2) is 158 Å². The Morgan fingerprint density at radius 3 is 1.50 bits per heavy atom. The van der Waals surface area contributed by atoms with Gasteiger partial charge in [0.2, 0.25) is 0 Å². The highest BCUT2D eigenvalue weighted by Gasteiger charge is 2.49. The molecular weight excluding hydrogens is 716 g/mol. The van der Waals surface area contributed by atoms with Gasteiger partial charge in [-0.1, -0.05) is 170 Å². The van der Waals surface area contributed by atoms with E-state index in [1.165, 1.54) is 11.1 Å². The van der Waals surface area contributed by atoms with Gasteiger partial charge in [0.1, 0.15) is 30.5 Å². The van der Waals surface area contributed by atoms with Gasteiger partial charge in [-0.25, -0.2) is 0 Å². The molecule has 6 aromatic carbocycles. The SMILES string of the molecule is CCc1ccc(Cc2cc([C@@H]3O[C@H](COCc4ccccc4)[C@@H](OCc4ccccc4)[C@H](OCc4ccccc4)[C@H]3OCc3ccccc3)c(C)cc2Cl)cc1. The van der Waals surface area contributed by atoms with Gasteiger partial charge in [-0.05, 0) is 75.9 Å². The molecule has 0 aliphatic carbocycles. The molecular formula is C50H51ClO5. The molecule has 1 saturated heterocycles. The standard InChI is InChI=1S/C50H51ClO5/c1-3-37-24-26-38(27-25-37)29-43-30-44(36(2)28-45(43)51)47-49(54-33-41-20-12-6-13-21-41)50(55-34-42-22-14-7-15-23-42)48(53-32-40-18-10-5-11-19-40)46(56-47)35-52-31-39-16-8-4-9-17-39/h4-28,30,46-50H,3,29,31-35H2,1-2H3/t46-,47+,48-,49+,50+/m1/s1. The van der Waals surface area contributed by atoms with Crippen molar-refractivity contribution in [2.45, 2.75) is 83.6 Å². The summed E-state index contributed by atoms with van der Waals surface area (Å²) in [5, 5.41) is 0.729. The Balaban J connectivity index is 1.28. The van der Waals surface area contributed by atoms with Crippen molar-refractivity contribution in [3.05, 3.63) is 213 Å². The fourth-order valence-corrected chi connectivity index (χ4v) is 7.62. The molecule has 288 valence electrons. The smallest absolute Gasteiger partial charge is 0.117 e. The number of ether oxygens (including phenoxy) is 5. The van der Waals surface area contributed by atoms with Gasteiger partial charge in [-0.15, -0.1) is 0 Å². The molecule has 1 aliphatic heterocycles. The first-order chi connectivity index (χ1) is 27.5. The van der Waals surface area contributed by atoms with E-state index in [1.54, 1.807) is 0 Å². The first-order valence-corrected chi connectivity index (χ1v) is 20.0. The third-order valence-corrected chi connectivity index (χ3v) is 10.8. The zero-order valence-corrected chi connectivity index (χ0v) is 33.0. The molecule has 5 nitrogen and oxygen atoms in total. The van der Waals surface area contributed by atoms with Crippen molar-refractivity contribution in [3.63, 3.8) is 0 Å². The normalized spacial score (nSPS) is 19.5. The van der Waals surface area contributed by atoms with Crippen molar-refractivity contribution in [1.82, 2.24) is 0 Å². The minimum Gasteiger partial charge on any atom is -0.374 e. The van der Waals surface area contributed by atoms with E-state index < -0.39 is 30.5 Å². The Labute approximate surface area is 337 Å². The van der Waals surface area contributed by atoms with Crippen molar-refractivity contribution in [3.8, 4) is 0 Å². The van der Waals surface area contributed by atoms with Crippen LogP contribution in [-0.2, 0) is 63.0 Å². The van der Waals surface area contributed by atoms with Crippen molar-refractivity contribution in [2.75, 3.05) is 6.61 Å². The highest BCUT2D eigenvalue weighted by Crippen LogP contribution is 2.41. The van der Waals surface area contributed by atoms with Gasteiger partial charge in [0.15, 0.2) is 0 Å². The summed E-state index contributed by atoms with van der Waals surface area (Å²) in [6, 6.07) is 54.0. The third kappa shape index (κ3) is 10.6. The monoisotopic (exact) mass is 766 g/mol. The summed E-state index contributed by atoms with van der Waals surface area (Å²) < 4.78 is 34.6. The molecule has 1 heterocycles. The van der Waals surface area contributed by atoms with E-state index >= 15 is 0 Å². The minimum absolute atomic E-state index is 0.296. The Bertz CT molecular complexity index is 2060. The predicted octanol–water partition coefficient (Wildman–Crippen LogP) is 11.2. The molecule has 0 saturated carbocycles. The lowest BCUT2D eigenvalue weighted by Crippen LogP contribution is -2.58. The number of hydrogen-bond acceptors (Lipinski definition) is 5. The second-order valence-corrected chi connectivity index (χ2v) is 14.9. The maximum atomic E-state index is 7.25. The summed E-state index contributed by atoms with van der Waals surface area (Å²) in [6.45, 7) is 6.15. The van der Waals surface area contributed by atoms with Crippen LogP contribution in [-0.4, -0.2) is 31.0 Å². The lowest BCUT2D eigenvalue weighted by molar-refractivity contribution is -0.275. The lowest BCUT2D eigenvalue weighted by atomic mass is 9.87. The summed E-state index contributed by atoms with van der Waals surface area (Å²) in [5.41, 5.74) is 9.85. The summed E-state index contributed by atoms with van der Waals surface area (Å²) in [7, 11) is 0. The van der Waals surface area contributed by atoms with Crippen molar-refractivity contribution in [1.29, 1.82) is 0 Å². The second kappa shape index (κ2) is 20.0. The number of rotatable bonds is 17. The summed E-state index contributed by atoms with van der Waals surface area (Å²) >= 11 is 7.01. The van der Waals surface area contributed by atoms with Gasteiger partial charge in [0.25, 0.3) is 0 Å². The van der Waals surface area contributed by atoms with E-state index in [2.05, 4.69) is 98.8 Å². The number of benzene rings is 6. The van der Waals surface area contributed by atoms with E-state index in [-0.39, 0.29) is 0 Å². The molecule has 0 N–H and O–H groups in total. The highest BCUT2D eigenvalue weighted by molar-refractivity contribution is 6.31. The molecule has 6 aromatic rings. The van der Waals surface area contributed by atoms with E-state index in [1.807, 2.05) is 72.8 Å². The molecule has 0 unspecified atom stereocenters. The molecule has 0 aromatic heterocycles. The molecule has 7 rings (SSSR count). The quantitative estimate of drug-likeness (QED) is 0.0925. The molecule has 5 atom stereocenters. The Hall–Kier alpha value is -4.59. The topological polar surface area (TPSA) is 46.2 Å². The van der Waals surface area contributed by atoms with E-state index in [4.69, 9.17) is 35.3 Å². The van der Waals surface area contributed by atoms with Crippen LogP contribution in [0.3, 0.4) is 0 Å². The van der Waals surface area contributed by atoms with Gasteiger partial charge in [-0.2, -0.15) is 0 Å². The third-order valence-electron chi connectivity index (χ3n) is 10.5. The summed E-state index contributed by atoms with van der Waals surface area (Å²) in [5.74, 6) is 0. The lowest BCUT2D eigenvalue weighted by Gasteiger charge is -2.47. The largest absolute Gasteiger partial charge is 0.374 e. The molecule has 56 heavy (non-hydrogen) atoms. The number of halogens is 1. The molecule has 0 amide bonds. The first-order valence-electron chi connectivity index (χ1n) is 19.6. The Kier molecular flexibility index (Phi) is 14.2. The molecule has 0 radical (unpaired) electrons. The van der Waals surface area contributed by atoms with Crippen LogP contribution in [0.2, 0.25) is 5.02 Å². The van der Waals surface area contributed by atoms with Crippen molar-refractivity contribution in [2.24, 2.45) is 0 Å². The second-order valence-electron chi connectivity index (χ2n) is 14.5. The van der Waals surface area contributed by atoms with Crippen LogP contribution in [0.4, 0.5) is 0 Å². The van der Waals surface area contributed by atoms with Crippen LogP contribution < -0.4 is 0 Å². The average molecular weight is 767 g/mol. The number of aryl methyl sites for hydroxylation is 2. The molecule has 0 bridgehead atoms. The van der Waals surface area contributed by atoms with Crippen LogP contribution in [0.5, 0.6) is 0 Å². The molecule has 1 fully saturated rings. The van der Waals surface area contributed by atoms with Crippen LogP contribution in [0, 0.1) is 6.92 Å². The maximum absolute atomic E-state index is 7.25. The van der Waals surface area contributed by atoms with Gasteiger partial charge >= 0.3 is 0 Å². The zero-order chi connectivity index (χ0) is 38.5. The fourth-order valence-electron chi connectivity index (χ4n) is 7.33. The zero-order valence-electron chi connectivity index (χ0n) is 32.3. The van der Waals surface area contributed by atoms with Gasteiger partial charge < -0.3 is 23.7 Å². The van der Waals surface area contributed by atoms with Crippen LogP contribution in [0.25, 0.3) is 0 Å². The van der Waals surface area contributed by atoms with Crippen molar-refractivity contribution < 1.29 is 23.7 Å². The summed E-state index contributed by atoms with van der Waals surface area (Å²) in [6.07, 6.45) is -0.883.